The Morgan fingerprint density at radius 1 is 1.03 bits per heavy atom. The first-order chi connectivity index (χ1) is 16.7. The van der Waals surface area contributed by atoms with Crippen molar-refractivity contribution in [3.63, 3.8) is 0 Å². The van der Waals surface area contributed by atoms with Crippen LogP contribution in [0.4, 0.5) is 0 Å². The normalized spacial score (nSPS) is 38.5. The van der Waals surface area contributed by atoms with Crippen molar-refractivity contribution in [2.45, 2.75) is 87.9 Å². The highest BCUT2D eigenvalue weighted by atomic mass is 16.7. The molecule has 10 atom stereocenters. The average Bonchev–Trinajstić information content (AvgIpc) is 2.85. The van der Waals surface area contributed by atoms with Crippen LogP contribution in [0, 0.1) is 10.4 Å². The largest absolute Gasteiger partial charge is 0.737 e. The fourth-order valence-corrected chi connectivity index (χ4v) is 4.25. The summed E-state index contributed by atoms with van der Waals surface area (Å²) in [6, 6.07) is 0. The van der Waals surface area contributed by atoms with E-state index in [0.717, 1.165) is 18.0 Å². The maximum Gasteiger partial charge on any atom is 0.187 e. The smallest absolute Gasteiger partial charge is 0.187 e. The monoisotopic (exact) mass is 511 g/mol. The highest BCUT2D eigenvalue weighted by molar-refractivity contribution is 4.95. The van der Waals surface area contributed by atoms with Crippen LogP contribution in [0.1, 0.15) is 26.7 Å². The van der Waals surface area contributed by atoms with E-state index in [1.807, 2.05) is 6.92 Å². The fourth-order valence-electron chi connectivity index (χ4n) is 4.25. The predicted molar refractivity (Wildman–Crippen MR) is 119 cm³/mol. The van der Waals surface area contributed by atoms with Crippen LogP contribution in [0.2, 0.25) is 0 Å². The number of hydrazine groups is 1. The van der Waals surface area contributed by atoms with Gasteiger partial charge in [-0.15, -0.1) is 5.01 Å². The zero-order chi connectivity index (χ0) is 26.1. The van der Waals surface area contributed by atoms with E-state index in [1.165, 1.54) is 14.0 Å². The van der Waals surface area contributed by atoms with Gasteiger partial charge >= 0.3 is 0 Å². The molecule has 0 spiro atoms. The summed E-state index contributed by atoms with van der Waals surface area (Å²) in [5.41, 5.74) is 0. The van der Waals surface area contributed by atoms with Crippen LogP contribution in [0.25, 0.3) is 0 Å². The van der Waals surface area contributed by atoms with E-state index in [-0.39, 0.29) is 18.1 Å². The number of aliphatic hydroxyl groups is 5. The summed E-state index contributed by atoms with van der Waals surface area (Å²) in [4.78, 5) is -0.124. The van der Waals surface area contributed by atoms with Crippen molar-refractivity contribution < 1.29 is 49.4 Å². The lowest BCUT2D eigenvalue weighted by Crippen LogP contribution is -2.65. The molecule has 0 aromatic carbocycles. The van der Waals surface area contributed by atoms with Crippen molar-refractivity contribution in [2.75, 3.05) is 39.9 Å². The van der Waals surface area contributed by atoms with E-state index < -0.39 is 67.8 Å². The Balaban J connectivity index is 2.15. The van der Waals surface area contributed by atoms with Gasteiger partial charge < -0.3 is 60.2 Å². The molecule has 35 heavy (non-hydrogen) atoms. The minimum absolute atomic E-state index is 0.124. The molecule has 2 fully saturated rings. The molecule has 0 radical (unpaired) electrons. The molecule has 2 unspecified atom stereocenters. The number of nitrogens with one attached hydrogen (secondary N) is 1. The van der Waals surface area contributed by atoms with Crippen molar-refractivity contribution in [2.24, 2.45) is 5.28 Å². The molecule has 2 rings (SSSR count). The Morgan fingerprint density at radius 2 is 1.71 bits per heavy atom. The molecule has 0 aliphatic carbocycles. The third-order valence-electron chi connectivity index (χ3n) is 6.21. The molecule has 6 N–H and O–H groups in total. The zero-order valence-corrected chi connectivity index (χ0v) is 20.3. The lowest BCUT2D eigenvalue weighted by Gasteiger charge is -2.46. The third kappa shape index (κ3) is 7.55. The molecule has 15 heteroatoms. The van der Waals surface area contributed by atoms with E-state index in [4.69, 9.17) is 18.9 Å². The molecule has 0 bridgehead atoms. The van der Waals surface area contributed by atoms with Gasteiger partial charge in [-0.05, 0) is 38.1 Å². The van der Waals surface area contributed by atoms with E-state index in [2.05, 4.69) is 10.6 Å². The minimum Gasteiger partial charge on any atom is -0.737 e. The maximum atomic E-state index is 12.0. The molecule has 15 nitrogen and oxygen atoms in total. The Morgan fingerprint density at radius 3 is 2.31 bits per heavy atom. The van der Waals surface area contributed by atoms with Gasteiger partial charge in [0.25, 0.3) is 0 Å². The first-order valence-electron chi connectivity index (χ1n) is 11.8. The van der Waals surface area contributed by atoms with Gasteiger partial charge in [0.1, 0.15) is 55.4 Å². The number of ether oxygens (including phenoxy) is 4. The molecule has 0 aromatic heterocycles. The van der Waals surface area contributed by atoms with E-state index in [1.54, 1.807) is 0 Å². The standard InChI is InChI=1S/C20H40N4O11/c1-4-6-21-7-5-8-23(24(31)22-30)9-12-18(32-3)16(28)17(29)20(34-12)35-19-13(10-25)33-11(2)14(26)15(19)27/h11-21,25-30H,4-10H2,1-3H3/p-1/b24-22-/t11-,12-,13-,14+,15-,16-,17-,18?,19?,20-/m1/s1. The zero-order valence-electron chi connectivity index (χ0n) is 20.3. The molecule has 0 saturated carbocycles. The number of nitrogens with zero attached hydrogens (tertiary/aromatic N) is 3. The highest BCUT2D eigenvalue weighted by Crippen LogP contribution is 2.30. The summed E-state index contributed by atoms with van der Waals surface area (Å²) in [5.74, 6) is 0. The van der Waals surface area contributed by atoms with Crippen molar-refractivity contribution in [1.82, 2.24) is 10.3 Å². The summed E-state index contributed by atoms with van der Waals surface area (Å²) in [6.45, 7) is 4.27. The van der Waals surface area contributed by atoms with Crippen LogP contribution in [-0.2, 0) is 18.9 Å². The molecule has 0 aromatic rings. The fraction of sp³-hybridized carbons (Fsp3) is 1.00. The lowest BCUT2D eigenvalue weighted by atomic mass is 9.94. The topological polar surface area (TPSA) is 215 Å². The van der Waals surface area contributed by atoms with Gasteiger partial charge in [0.2, 0.25) is 0 Å². The maximum absolute atomic E-state index is 12.0. The second kappa shape index (κ2) is 14.4. The van der Waals surface area contributed by atoms with Gasteiger partial charge in [-0.25, -0.2) is 0 Å². The molecular formula is C20H39N4O11-. The highest BCUT2D eigenvalue weighted by Gasteiger charge is 2.50. The van der Waals surface area contributed by atoms with Crippen LogP contribution >= 0.6 is 0 Å². The van der Waals surface area contributed by atoms with Crippen LogP contribution in [0.3, 0.4) is 0 Å². The summed E-state index contributed by atoms with van der Waals surface area (Å²) in [5, 5.41) is 81.1. The van der Waals surface area contributed by atoms with Gasteiger partial charge in [-0.3, -0.25) is 0 Å². The number of hydrogen-bond donors (Lipinski definition) is 6. The lowest BCUT2D eigenvalue weighted by molar-refractivity contribution is -0.692. The number of hydrogen-bond acceptors (Lipinski definition) is 13. The third-order valence-corrected chi connectivity index (χ3v) is 6.21. The van der Waals surface area contributed by atoms with E-state index in [0.29, 0.717) is 13.0 Å². The Hall–Kier alpha value is -1.40. The number of rotatable bonds is 13. The molecule has 2 aliphatic heterocycles. The summed E-state index contributed by atoms with van der Waals surface area (Å²) in [6.07, 6.45) is -11.4. The number of methoxy groups -OCH3 is 1. The van der Waals surface area contributed by atoms with Gasteiger partial charge in [-0.1, -0.05) is 6.92 Å². The van der Waals surface area contributed by atoms with Gasteiger partial charge in [0.15, 0.2) is 6.29 Å². The van der Waals surface area contributed by atoms with Gasteiger partial charge in [0, 0.05) is 12.1 Å². The second-order valence-electron chi connectivity index (χ2n) is 8.72. The molecular weight excluding hydrogens is 472 g/mol. The Kier molecular flexibility index (Phi) is 12.2. The summed E-state index contributed by atoms with van der Waals surface area (Å²) < 4.78 is 22.2. The van der Waals surface area contributed by atoms with Gasteiger partial charge in [-0.2, -0.15) is 0 Å². The summed E-state index contributed by atoms with van der Waals surface area (Å²) in [7, 11) is 1.28. The molecule has 2 saturated heterocycles. The van der Waals surface area contributed by atoms with Crippen LogP contribution in [0.15, 0.2) is 5.28 Å². The second-order valence-corrected chi connectivity index (χ2v) is 8.72. The van der Waals surface area contributed by atoms with E-state index >= 15 is 0 Å². The SMILES string of the molecule is CCCNCCCN(C[C@H]1O[C@H](OC2[C@@H](CO)O[C@H](C)[C@H](O)[C@H]2O)[C@H](O)[C@@H](O)C1OC)/[N+]([O-])=N/[O-]. The van der Waals surface area contributed by atoms with Crippen molar-refractivity contribution >= 4 is 0 Å². The molecule has 0 amide bonds. The minimum atomic E-state index is -1.64. The van der Waals surface area contributed by atoms with Crippen LogP contribution < -0.4 is 5.32 Å². The van der Waals surface area contributed by atoms with Crippen molar-refractivity contribution in [3.05, 3.63) is 10.4 Å². The first kappa shape index (κ1) is 29.8. The van der Waals surface area contributed by atoms with Crippen molar-refractivity contribution in [3.8, 4) is 0 Å². The van der Waals surface area contributed by atoms with E-state index in [9.17, 15) is 35.9 Å². The Labute approximate surface area is 204 Å². The molecule has 2 heterocycles. The van der Waals surface area contributed by atoms with Crippen molar-refractivity contribution in [1.29, 1.82) is 0 Å². The predicted octanol–water partition coefficient (Wildman–Crippen LogP) is -2.60. The average molecular weight is 512 g/mol. The quantitative estimate of drug-likeness (QED) is 0.0648. The number of aliphatic hydroxyl groups excluding tert-OH is 5. The first-order valence-corrected chi connectivity index (χ1v) is 11.8. The van der Waals surface area contributed by atoms with Crippen LogP contribution in [0.5, 0.6) is 0 Å². The molecule has 2 aliphatic rings. The summed E-state index contributed by atoms with van der Waals surface area (Å²) >= 11 is 0. The Bertz CT molecular complexity index is 646. The molecule has 206 valence electrons. The van der Waals surface area contributed by atoms with Gasteiger partial charge in [0.05, 0.1) is 19.3 Å². The van der Waals surface area contributed by atoms with Crippen LogP contribution in [-0.4, -0.2) is 137 Å².